The minimum atomic E-state index is -4.44. The van der Waals surface area contributed by atoms with Crippen LogP contribution in [0.15, 0.2) is 46.4 Å². The SMILES string of the molecule is C=Nc1cc(C=O)ccc1NCNCOc1cc(OCC(F)(F)F)ccc1N=C. The number of carbonyl (C=O) groups is 1. The number of rotatable bonds is 11. The summed E-state index contributed by atoms with van der Waals surface area (Å²) in [6.45, 7) is 5.76. The summed E-state index contributed by atoms with van der Waals surface area (Å²) in [5, 5.41) is 5.99. The van der Waals surface area contributed by atoms with Crippen molar-refractivity contribution in [3.05, 3.63) is 42.0 Å². The molecule has 0 radical (unpaired) electrons. The van der Waals surface area contributed by atoms with Crippen molar-refractivity contribution < 1.29 is 27.4 Å². The first kappa shape index (κ1) is 21.9. The molecule has 0 aliphatic rings. The lowest BCUT2D eigenvalue weighted by atomic mass is 10.2. The normalized spacial score (nSPS) is 10.9. The Morgan fingerprint density at radius 2 is 1.79 bits per heavy atom. The zero-order valence-corrected chi connectivity index (χ0v) is 15.3. The first-order valence-corrected chi connectivity index (χ1v) is 8.30. The molecule has 0 bridgehead atoms. The Morgan fingerprint density at radius 3 is 2.45 bits per heavy atom. The zero-order valence-electron chi connectivity index (χ0n) is 15.3. The van der Waals surface area contributed by atoms with Gasteiger partial charge in [-0.1, -0.05) is 0 Å². The molecule has 0 unspecified atom stereocenters. The number of hydrogen-bond acceptors (Lipinski definition) is 7. The summed E-state index contributed by atoms with van der Waals surface area (Å²) in [7, 11) is 0. The molecule has 0 saturated carbocycles. The topological polar surface area (TPSA) is 84.3 Å². The van der Waals surface area contributed by atoms with E-state index in [1.165, 1.54) is 18.2 Å². The fraction of sp³-hybridized carbons (Fsp3) is 0.211. The van der Waals surface area contributed by atoms with Gasteiger partial charge in [0.2, 0.25) is 0 Å². The van der Waals surface area contributed by atoms with E-state index in [-0.39, 0.29) is 24.9 Å². The fourth-order valence-corrected chi connectivity index (χ4v) is 2.24. The third kappa shape index (κ3) is 6.92. The highest BCUT2D eigenvalue weighted by molar-refractivity contribution is 5.81. The van der Waals surface area contributed by atoms with Crippen molar-refractivity contribution in [3.63, 3.8) is 0 Å². The highest BCUT2D eigenvalue weighted by Gasteiger charge is 2.28. The lowest BCUT2D eigenvalue weighted by Crippen LogP contribution is -2.26. The number of nitrogens with zero attached hydrogens (tertiary/aromatic N) is 2. The van der Waals surface area contributed by atoms with Gasteiger partial charge in [0.25, 0.3) is 0 Å². The van der Waals surface area contributed by atoms with E-state index in [4.69, 9.17) is 9.47 Å². The summed E-state index contributed by atoms with van der Waals surface area (Å²) < 4.78 is 47.0. The molecule has 0 aliphatic carbocycles. The molecule has 0 aliphatic heterocycles. The van der Waals surface area contributed by atoms with E-state index in [2.05, 4.69) is 34.1 Å². The Labute approximate surface area is 165 Å². The van der Waals surface area contributed by atoms with Crippen LogP contribution in [0, 0.1) is 0 Å². The van der Waals surface area contributed by atoms with Crippen molar-refractivity contribution in [1.29, 1.82) is 0 Å². The summed E-state index contributed by atoms with van der Waals surface area (Å²) in [5.41, 5.74) is 2.02. The average Bonchev–Trinajstić information content (AvgIpc) is 2.71. The number of nitrogens with one attached hydrogen (secondary N) is 2. The van der Waals surface area contributed by atoms with Crippen LogP contribution in [0.2, 0.25) is 0 Å². The average molecular weight is 408 g/mol. The third-order valence-electron chi connectivity index (χ3n) is 3.57. The van der Waals surface area contributed by atoms with Crippen LogP contribution in [-0.2, 0) is 0 Å². The van der Waals surface area contributed by atoms with Gasteiger partial charge in [0, 0.05) is 11.6 Å². The van der Waals surface area contributed by atoms with Crippen LogP contribution in [0.1, 0.15) is 10.4 Å². The zero-order chi connectivity index (χ0) is 21.3. The standard InChI is InChI=1S/C19H19F3N4O3/c1-23-16-6-4-14(28-10-19(20,21)22)8-18(16)29-12-25-11-26-15-5-3-13(9-27)7-17(15)24-2/h3-9,25-26H,1-2,10-12H2. The van der Waals surface area contributed by atoms with Gasteiger partial charge >= 0.3 is 6.18 Å². The van der Waals surface area contributed by atoms with Gasteiger partial charge < -0.3 is 14.8 Å². The van der Waals surface area contributed by atoms with Gasteiger partial charge in [-0.15, -0.1) is 0 Å². The van der Waals surface area contributed by atoms with Crippen LogP contribution < -0.4 is 20.1 Å². The summed E-state index contributed by atoms with van der Waals surface area (Å²) in [6.07, 6.45) is -3.73. The van der Waals surface area contributed by atoms with Crippen molar-refractivity contribution in [2.24, 2.45) is 9.98 Å². The largest absolute Gasteiger partial charge is 0.484 e. The van der Waals surface area contributed by atoms with E-state index < -0.39 is 12.8 Å². The van der Waals surface area contributed by atoms with Crippen LogP contribution in [0.4, 0.5) is 30.2 Å². The molecule has 29 heavy (non-hydrogen) atoms. The molecular formula is C19H19F3N4O3. The number of hydrogen-bond donors (Lipinski definition) is 2. The lowest BCUT2D eigenvalue weighted by molar-refractivity contribution is -0.153. The smallest absolute Gasteiger partial charge is 0.422 e. The van der Waals surface area contributed by atoms with E-state index in [1.54, 1.807) is 18.2 Å². The van der Waals surface area contributed by atoms with Crippen LogP contribution >= 0.6 is 0 Å². The molecule has 0 aromatic heterocycles. The van der Waals surface area contributed by atoms with E-state index in [0.717, 1.165) is 0 Å². The molecule has 2 aromatic rings. The second-order valence-corrected chi connectivity index (χ2v) is 5.64. The third-order valence-corrected chi connectivity index (χ3v) is 3.57. The molecule has 0 atom stereocenters. The Kier molecular flexibility index (Phi) is 7.72. The number of ether oxygens (including phenoxy) is 2. The lowest BCUT2D eigenvalue weighted by Gasteiger charge is -2.14. The van der Waals surface area contributed by atoms with Crippen LogP contribution in [0.25, 0.3) is 0 Å². The van der Waals surface area contributed by atoms with Gasteiger partial charge in [-0.25, -0.2) is 0 Å². The molecule has 2 N–H and O–H groups in total. The molecule has 0 spiro atoms. The maximum absolute atomic E-state index is 12.3. The van der Waals surface area contributed by atoms with Crippen molar-refractivity contribution in [1.82, 2.24) is 5.32 Å². The van der Waals surface area contributed by atoms with Crippen molar-refractivity contribution in [2.75, 3.05) is 25.3 Å². The second-order valence-electron chi connectivity index (χ2n) is 5.64. The van der Waals surface area contributed by atoms with Gasteiger partial charge in [-0.2, -0.15) is 13.2 Å². The number of halogens is 3. The summed E-state index contributed by atoms with van der Waals surface area (Å²) in [6, 6.07) is 9.02. The first-order valence-electron chi connectivity index (χ1n) is 8.30. The summed E-state index contributed by atoms with van der Waals surface area (Å²) in [4.78, 5) is 18.4. The highest BCUT2D eigenvalue weighted by atomic mass is 19.4. The van der Waals surface area contributed by atoms with E-state index in [0.29, 0.717) is 28.9 Å². The predicted octanol–water partition coefficient (Wildman–Crippen LogP) is 4.10. The number of alkyl halides is 3. The fourth-order valence-electron chi connectivity index (χ4n) is 2.24. The maximum Gasteiger partial charge on any atom is 0.422 e. The van der Waals surface area contributed by atoms with Gasteiger partial charge in [0.05, 0.1) is 18.0 Å². The Hall–Kier alpha value is -3.40. The molecule has 0 fully saturated rings. The molecule has 7 nitrogen and oxygen atoms in total. The number of carbonyl (C=O) groups excluding carboxylic acids is 1. The Balaban J connectivity index is 1.89. The van der Waals surface area contributed by atoms with E-state index in [9.17, 15) is 18.0 Å². The molecule has 2 rings (SSSR count). The predicted molar refractivity (Wildman–Crippen MR) is 105 cm³/mol. The van der Waals surface area contributed by atoms with Crippen molar-refractivity contribution >= 4 is 36.8 Å². The number of anilines is 1. The molecule has 0 saturated heterocycles. The van der Waals surface area contributed by atoms with Crippen molar-refractivity contribution in [3.8, 4) is 11.5 Å². The Bertz CT molecular complexity index is 872. The van der Waals surface area contributed by atoms with Crippen LogP contribution in [-0.4, -0.2) is 45.9 Å². The summed E-state index contributed by atoms with van der Waals surface area (Å²) in [5.74, 6) is 0.218. The molecule has 0 heterocycles. The number of benzene rings is 2. The quantitative estimate of drug-likeness (QED) is 0.253. The van der Waals surface area contributed by atoms with E-state index in [1.807, 2.05) is 0 Å². The minimum absolute atomic E-state index is 0.000170. The number of aliphatic imine (C=N–C) groups is 2. The van der Waals surface area contributed by atoms with Gasteiger partial charge in [0.1, 0.15) is 24.5 Å². The molecule has 154 valence electrons. The number of aldehydes is 1. The van der Waals surface area contributed by atoms with Gasteiger partial charge in [-0.3, -0.25) is 20.1 Å². The second kappa shape index (κ2) is 10.2. The van der Waals surface area contributed by atoms with Crippen molar-refractivity contribution in [2.45, 2.75) is 6.18 Å². The van der Waals surface area contributed by atoms with E-state index >= 15 is 0 Å². The first-order chi connectivity index (χ1) is 13.9. The van der Waals surface area contributed by atoms with Crippen LogP contribution in [0.3, 0.4) is 0 Å². The van der Waals surface area contributed by atoms with Crippen LogP contribution in [0.5, 0.6) is 11.5 Å². The van der Waals surface area contributed by atoms with Gasteiger partial charge in [0.15, 0.2) is 12.4 Å². The Morgan fingerprint density at radius 1 is 1.03 bits per heavy atom. The molecule has 2 aromatic carbocycles. The van der Waals surface area contributed by atoms with Gasteiger partial charge in [-0.05, 0) is 43.8 Å². The minimum Gasteiger partial charge on any atom is -0.484 e. The molecule has 10 heteroatoms. The maximum atomic E-state index is 12.3. The molecule has 0 amide bonds. The highest BCUT2D eigenvalue weighted by Crippen LogP contribution is 2.32. The molecular weight excluding hydrogens is 389 g/mol. The summed E-state index contributed by atoms with van der Waals surface area (Å²) >= 11 is 0. The monoisotopic (exact) mass is 408 g/mol.